The zero-order chi connectivity index (χ0) is 10.9. The molecule has 1 aliphatic rings. The van der Waals surface area contributed by atoms with Crippen molar-refractivity contribution in [3.63, 3.8) is 0 Å². The molecule has 0 bridgehead atoms. The lowest BCUT2D eigenvalue weighted by molar-refractivity contribution is 0.305. The molecule has 0 aliphatic heterocycles. The van der Waals surface area contributed by atoms with Gasteiger partial charge in [-0.05, 0) is 12.8 Å². The summed E-state index contributed by atoms with van der Waals surface area (Å²) in [4.78, 5) is 0. The summed E-state index contributed by atoms with van der Waals surface area (Å²) in [6.45, 7) is 6.68. The predicted octanol–water partition coefficient (Wildman–Crippen LogP) is 3.08. The van der Waals surface area contributed by atoms with Gasteiger partial charge in [0.05, 0.1) is 17.9 Å². The van der Waals surface area contributed by atoms with Crippen molar-refractivity contribution < 1.29 is 0 Å². The lowest BCUT2D eigenvalue weighted by Gasteiger charge is -2.27. The van der Waals surface area contributed by atoms with Crippen molar-refractivity contribution in [1.29, 1.82) is 0 Å². The van der Waals surface area contributed by atoms with Crippen LogP contribution in [0.25, 0.3) is 0 Å². The molecule has 2 rings (SSSR count). The maximum atomic E-state index is 4.27. The van der Waals surface area contributed by atoms with E-state index in [2.05, 4.69) is 35.8 Å². The van der Waals surface area contributed by atoms with Gasteiger partial charge in [0.15, 0.2) is 0 Å². The molecule has 0 aromatic carbocycles. The number of nitrogens with zero attached hydrogens (tertiary/aromatic N) is 3. The van der Waals surface area contributed by atoms with Gasteiger partial charge in [-0.3, -0.25) is 0 Å². The molecular formula is C12H21N3. The van der Waals surface area contributed by atoms with E-state index in [1.165, 1.54) is 37.8 Å². The SMILES string of the molecule is CC(C)(C)c1cnnn1C1CCCCC1. The Morgan fingerprint density at radius 2 is 1.87 bits per heavy atom. The van der Waals surface area contributed by atoms with E-state index in [1.807, 2.05) is 6.20 Å². The third-order valence-electron chi connectivity index (χ3n) is 3.26. The summed E-state index contributed by atoms with van der Waals surface area (Å²) in [5, 5.41) is 8.35. The highest BCUT2D eigenvalue weighted by molar-refractivity contribution is 5.09. The van der Waals surface area contributed by atoms with Gasteiger partial charge in [0, 0.05) is 5.41 Å². The Labute approximate surface area is 91.9 Å². The molecule has 0 saturated heterocycles. The highest BCUT2D eigenvalue weighted by Crippen LogP contribution is 2.31. The minimum atomic E-state index is 0.154. The van der Waals surface area contributed by atoms with E-state index in [0.717, 1.165) is 0 Å². The van der Waals surface area contributed by atoms with Crippen LogP contribution in [0.2, 0.25) is 0 Å². The second kappa shape index (κ2) is 3.95. The molecule has 1 aromatic heterocycles. The van der Waals surface area contributed by atoms with E-state index in [1.54, 1.807) is 0 Å². The van der Waals surface area contributed by atoms with Crippen molar-refractivity contribution in [3.8, 4) is 0 Å². The molecule has 1 aliphatic carbocycles. The van der Waals surface area contributed by atoms with Crippen molar-refractivity contribution in [1.82, 2.24) is 15.0 Å². The summed E-state index contributed by atoms with van der Waals surface area (Å²) in [6.07, 6.45) is 8.53. The van der Waals surface area contributed by atoms with E-state index in [0.29, 0.717) is 6.04 Å². The molecular weight excluding hydrogens is 186 g/mol. The van der Waals surface area contributed by atoms with E-state index in [-0.39, 0.29) is 5.41 Å². The van der Waals surface area contributed by atoms with Crippen LogP contribution in [0.5, 0.6) is 0 Å². The number of hydrogen-bond donors (Lipinski definition) is 0. The highest BCUT2D eigenvalue weighted by Gasteiger charge is 2.25. The molecule has 0 unspecified atom stereocenters. The van der Waals surface area contributed by atoms with E-state index in [4.69, 9.17) is 0 Å². The van der Waals surface area contributed by atoms with Gasteiger partial charge in [0.1, 0.15) is 0 Å². The first-order valence-electron chi connectivity index (χ1n) is 6.00. The van der Waals surface area contributed by atoms with Crippen LogP contribution < -0.4 is 0 Å². The van der Waals surface area contributed by atoms with Gasteiger partial charge >= 0.3 is 0 Å². The van der Waals surface area contributed by atoms with Crippen LogP contribution in [0.4, 0.5) is 0 Å². The summed E-state index contributed by atoms with van der Waals surface area (Å²) in [7, 11) is 0. The largest absolute Gasteiger partial charge is 0.246 e. The van der Waals surface area contributed by atoms with Crippen molar-refractivity contribution in [2.24, 2.45) is 0 Å². The first-order chi connectivity index (χ1) is 7.09. The predicted molar refractivity (Wildman–Crippen MR) is 60.8 cm³/mol. The van der Waals surface area contributed by atoms with Gasteiger partial charge in [-0.15, -0.1) is 5.10 Å². The number of hydrogen-bond acceptors (Lipinski definition) is 2. The Bertz CT molecular complexity index is 316. The van der Waals surface area contributed by atoms with Gasteiger partial charge in [0.2, 0.25) is 0 Å². The Kier molecular flexibility index (Phi) is 2.81. The van der Waals surface area contributed by atoms with Crippen LogP contribution in [-0.2, 0) is 5.41 Å². The molecule has 3 nitrogen and oxygen atoms in total. The second-order valence-corrected chi connectivity index (χ2v) is 5.61. The smallest absolute Gasteiger partial charge is 0.0730 e. The topological polar surface area (TPSA) is 30.7 Å². The second-order valence-electron chi connectivity index (χ2n) is 5.61. The van der Waals surface area contributed by atoms with Crippen LogP contribution in [0.3, 0.4) is 0 Å². The van der Waals surface area contributed by atoms with Gasteiger partial charge < -0.3 is 0 Å². The zero-order valence-corrected chi connectivity index (χ0v) is 10.0. The van der Waals surface area contributed by atoms with Crippen molar-refractivity contribution in [2.45, 2.75) is 64.3 Å². The third-order valence-corrected chi connectivity index (χ3v) is 3.26. The summed E-state index contributed by atoms with van der Waals surface area (Å²) in [5.41, 5.74) is 1.43. The summed E-state index contributed by atoms with van der Waals surface area (Å²) < 4.78 is 2.17. The Morgan fingerprint density at radius 3 is 2.47 bits per heavy atom. The lowest BCUT2D eigenvalue weighted by atomic mass is 9.90. The Morgan fingerprint density at radius 1 is 1.20 bits per heavy atom. The van der Waals surface area contributed by atoms with Gasteiger partial charge in [-0.1, -0.05) is 45.2 Å². The van der Waals surface area contributed by atoms with E-state index < -0.39 is 0 Å². The minimum Gasteiger partial charge on any atom is -0.246 e. The summed E-state index contributed by atoms with van der Waals surface area (Å²) >= 11 is 0. The molecule has 0 spiro atoms. The van der Waals surface area contributed by atoms with Crippen LogP contribution in [0.15, 0.2) is 6.20 Å². The monoisotopic (exact) mass is 207 g/mol. The molecule has 84 valence electrons. The first-order valence-corrected chi connectivity index (χ1v) is 6.00. The van der Waals surface area contributed by atoms with Crippen molar-refractivity contribution in [3.05, 3.63) is 11.9 Å². The first kappa shape index (κ1) is 10.7. The molecule has 1 saturated carbocycles. The summed E-state index contributed by atoms with van der Waals surface area (Å²) in [6, 6.07) is 0.593. The van der Waals surface area contributed by atoms with Crippen LogP contribution in [-0.4, -0.2) is 15.0 Å². The van der Waals surface area contributed by atoms with Gasteiger partial charge in [0.25, 0.3) is 0 Å². The van der Waals surface area contributed by atoms with Crippen LogP contribution in [0, 0.1) is 0 Å². The molecule has 3 heteroatoms. The molecule has 1 aromatic rings. The quantitative estimate of drug-likeness (QED) is 0.708. The fourth-order valence-electron chi connectivity index (χ4n) is 2.38. The van der Waals surface area contributed by atoms with E-state index in [9.17, 15) is 0 Å². The highest BCUT2D eigenvalue weighted by atomic mass is 15.4. The molecule has 1 fully saturated rings. The summed E-state index contributed by atoms with van der Waals surface area (Å²) in [5.74, 6) is 0. The standard InChI is InChI=1S/C12H21N3/c1-12(2,3)11-9-13-14-15(11)10-7-5-4-6-8-10/h9-10H,4-8H2,1-3H3. The average Bonchev–Trinajstić information content (AvgIpc) is 2.67. The lowest BCUT2D eigenvalue weighted by Crippen LogP contribution is -2.23. The van der Waals surface area contributed by atoms with Gasteiger partial charge in [-0.25, -0.2) is 4.68 Å². The number of rotatable bonds is 1. The molecule has 0 atom stereocenters. The average molecular weight is 207 g/mol. The maximum Gasteiger partial charge on any atom is 0.0730 e. The Hall–Kier alpha value is -0.860. The van der Waals surface area contributed by atoms with Crippen LogP contribution in [0.1, 0.15) is 64.6 Å². The fraction of sp³-hybridized carbons (Fsp3) is 0.833. The molecule has 0 amide bonds. The zero-order valence-electron chi connectivity index (χ0n) is 10.0. The molecule has 15 heavy (non-hydrogen) atoms. The third kappa shape index (κ3) is 2.21. The molecule has 1 heterocycles. The van der Waals surface area contributed by atoms with Gasteiger partial charge in [-0.2, -0.15) is 0 Å². The fourth-order valence-corrected chi connectivity index (χ4v) is 2.38. The molecule has 0 radical (unpaired) electrons. The van der Waals surface area contributed by atoms with Crippen molar-refractivity contribution >= 4 is 0 Å². The normalized spacial score (nSPS) is 19.4. The van der Waals surface area contributed by atoms with E-state index >= 15 is 0 Å². The van der Waals surface area contributed by atoms with Crippen molar-refractivity contribution in [2.75, 3.05) is 0 Å². The minimum absolute atomic E-state index is 0.154. The maximum absolute atomic E-state index is 4.27. The van der Waals surface area contributed by atoms with Crippen LogP contribution >= 0.6 is 0 Å². The number of aromatic nitrogens is 3. The molecule has 0 N–H and O–H groups in total. The Balaban J connectivity index is 2.24.